The van der Waals surface area contributed by atoms with Crippen molar-refractivity contribution < 1.29 is 4.79 Å². The highest BCUT2D eigenvalue weighted by Gasteiger charge is 1.90. The second-order valence-electron chi connectivity index (χ2n) is 1.51. The van der Waals surface area contributed by atoms with Crippen LogP contribution < -0.4 is 5.32 Å². The van der Waals surface area contributed by atoms with E-state index in [1.54, 1.807) is 0 Å². The van der Waals surface area contributed by atoms with Crippen molar-refractivity contribution in [2.24, 2.45) is 0 Å². The summed E-state index contributed by atoms with van der Waals surface area (Å²) in [5.74, 6) is 0.526. The van der Waals surface area contributed by atoms with Crippen LogP contribution in [0.25, 0.3) is 0 Å². The first-order valence-electron chi connectivity index (χ1n) is 2.64. The Labute approximate surface area is 57.5 Å². The van der Waals surface area contributed by atoms with Crippen LogP contribution in [0, 0.1) is 0 Å². The van der Waals surface area contributed by atoms with E-state index < -0.39 is 0 Å². The molecule has 0 saturated carbocycles. The normalized spacial score (nSPS) is 8.80. The summed E-state index contributed by atoms with van der Waals surface area (Å²) < 4.78 is 0. The Hall–Kier alpha value is -1.52. The smallest absolute Gasteiger partial charge is 0.309 e. The fraction of sp³-hybridized carbons (Fsp3) is 0.200. The van der Waals surface area contributed by atoms with Crippen molar-refractivity contribution in [3.63, 3.8) is 0 Å². The Kier molecular flexibility index (Phi) is 2.31. The van der Waals surface area contributed by atoms with Crippen LogP contribution in [-0.2, 0) is 11.3 Å². The van der Waals surface area contributed by atoms with Crippen molar-refractivity contribution in [3.8, 4) is 0 Å². The maximum atomic E-state index is 9.67. The van der Waals surface area contributed by atoms with Gasteiger partial charge in [-0.15, -0.1) is 0 Å². The second-order valence-corrected chi connectivity index (χ2v) is 1.51. The Morgan fingerprint density at radius 2 is 2.20 bits per heavy atom. The topological polar surface area (TPSA) is 67.8 Å². The summed E-state index contributed by atoms with van der Waals surface area (Å²) in [7, 11) is 0. The van der Waals surface area contributed by atoms with Crippen LogP contribution in [0.2, 0.25) is 0 Å². The molecule has 0 aliphatic carbocycles. The number of carbonyl (C=O) groups excluding carboxylic acids is 1. The van der Waals surface area contributed by atoms with Crippen LogP contribution in [-0.4, -0.2) is 21.4 Å². The van der Waals surface area contributed by atoms with Crippen LogP contribution >= 0.6 is 0 Å². The standard InChI is InChI=1S/C5H5N4O/c10-4-6-1-5-8-2-7-3-9-5/h2-3H,1H2,(H,6,10). The second kappa shape index (κ2) is 3.49. The number of nitrogens with one attached hydrogen (secondary N) is 1. The van der Waals surface area contributed by atoms with Gasteiger partial charge in [0.1, 0.15) is 12.7 Å². The lowest BCUT2D eigenvalue weighted by Gasteiger charge is -1.92. The summed E-state index contributed by atoms with van der Waals surface area (Å²) in [4.78, 5) is 20.8. The molecule has 1 aromatic heterocycles. The number of hydrogen-bond donors (Lipinski definition) is 1. The molecule has 1 N–H and O–H groups in total. The van der Waals surface area contributed by atoms with E-state index in [2.05, 4.69) is 20.3 Å². The monoisotopic (exact) mass is 137 g/mol. The zero-order valence-electron chi connectivity index (χ0n) is 5.11. The van der Waals surface area contributed by atoms with E-state index in [9.17, 15) is 4.79 Å². The minimum Gasteiger partial charge on any atom is -0.341 e. The van der Waals surface area contributed by atoms with Gasteiger partial charge in [0.15, 0.2) is 5.82 Å². The maximum absolute atomic E-state index is 9.67. The van der Waals surface area contributed by atoms with Gasteiger partial charge in [-0.25, -0.2) is 15.0 Å². The molecular weight excluding hydrogens is 132 g/mol. The molecule has 0 bridgehead atoms. The lowest BCUT2D eigenvalue weighted by atomic mass is 10.6. The third kappa shape index (κ3) is 1.77. The lowest BCUT2D eigenvalue weighted by Crippen LogP contribution is -2.12. The van der Waals surface area contributed by atoms with Crippen molar-refractivity contribution >= 4 is 6.41 Å². The molecule has 0 unspecified atom stereocenters. The van der Waals surface area contributed by atoms with Crippen molar-refractivity contribution in [2.75, 3.05) is 0 Å². The predicted molar refractivity (Wildman–Crippen MR) is 32.4 cm³/mol. The summed E-state index contributed by atoms with van der Waals surface area (Å²) in [6, 6.07) is 0. The molecule has 1 radical (unpaired) electrons. The molecule has 1 amide bonds. The van der Waals surface area contributed by atoms with E-state index in [1.807, 2.05) is 0 Å². The minimum atomic E-state index is 0.298. The van der Waals surface area contributed by atoms with Crippen molar-refractivity contribution in [1.82, 2.24) is 20.3 Å². The first kappa shape index (κ1) is 6.60. The van der Waals surface area contributed by atoms with Crippen LogP contribution in [0.4, 0.5) is 0 Å². The highest BCUT2D eigenvalue weighted by atomic mass is 16.1. The van der Waals surface area contributed by atoms with Gasteiger partial charge >= 0.3 is 6.41 Å². The van der Waals surface area contributed by atoms with Gasteiger partial charge in [0, 0.05) is 0 Å². The molecule has 0 aliphatic heterocycles. The van der Waals surface area contributed by atoms with E-state index in [0.29, 0.717) is 12.4 Å². The number of rotatable bonds is 3. The van der Waals surface area contributed by atoms with Crippen molar-refractivity contribution in [1.29, 1.82) is 0 Å². The van der Waals surface area contributed by atoms with Crippen LogP contribution in [0.1, 0.15) is 5.82 Å². The molecule has 0 spiro atoms. The Bertz CT molecular complexity index is 200. The summed E-state index contributed by atoms with van der Waals surface area (Å²) in [6.07, 6.45) is 4.26. The fourth-order valence-electron chi connectivity index (χ4n) is 0.470. The van der Waals surface area contributed by atoms with E-state index >= 15 is 0 Å². The van der Waals surface area contributed by atoms with Gasteiger partial charge in [0.25, 0.3) is 0 Å². The molecule has 5 heteroatoms. The van der Waals surface area contributed by atoms with Gasteiger partial charge in [-0.05, 0) is 0 Å². The zero-order chi connectivity index (χ0) is 7.23. The van der Waals surface area contributed by atoms with Crippen LogP contribution in [0.15, 0.2) is 12.7 Å². The van der Waals surface area contributed by atoms with Gasteiger partial charge in [0.2, 0.25) is 0 Å². The fourth-order valence-corrected chi connectivity index (χ4v) is 0.470. The molecule has 0 fully saturated rings. The first-order chi connectivity index (χ1) is 4.93. The van der Waals surface area contributed by atoms with Crippen LogP contribution in [0.3, 0.4) is 0 Å². The number of nitrogens with zero attached hydrogens (tertiary/aromatic N) is 3. The molecule has 5 nitrogen and oxygen atoms in total. The largest absolute Gasteiger partial charge is 0.341 e. The molecule has 1 aromatic rings. The SMILES string of the molecule is O=[C]NCc1ncncn1. The Morgan fingerprint density at radius 3 is 2.80 bits per heavy atom. The van der Waals surface area contributed by atoms with Crippen LogP contribution in [0.5, 0.6) is 0 Å². The first-order valence-corrected chi connectivity index (χ1v) is 2.64. The predicted octanol–water partition coefficient (Wildman–Crippen LogP) is -0.972. The van der Waals surface area contributed by atoms with E-state index in [1.165, 1.54) is 19.1 Å². The van der Waals surface area contributed by atoms with E-state index in [0.717, 1.165) is 0 Å². The molecule has 0 aromatic carbocycles. The van der Waals surface area contributed by atoms with Crippen molar-refractivity contribution in [2.45, 2.75) is 6.54 Å². The minimum absolute atomic E-state index is 0.298. The molecule has 1 heterocycles. The summed E-state index contributed by atoms with van der Waals surface area (Å²) in [5, 5.41) is 2.31. The summed E-state index contributed by atoms with van der Waals surface area (Å²) >= 11 is 0. The van der Waals surface area contributed by atoms with E-state index in [4.69, 9.17) is 0 Å². The van der Waals surface area contributed by atoms with Gasteiger partial charge in [-0.3, -0.25) is 4.79 Å². The number of amides is 1. The third-order valence-electron chi connectivity index (χ3n) is 0.866. The average Bonchev–Trinajstić information content (AvgIpc) is 2.03. The number of aromatic nitrogens is 3. The zero-order valence-corrected chi connectivity index (χ0v) is 5.11. The number of hydrogen-bond acceptors (Lipinski definition) is 4. The lowest BCUT2D eigenvalue weighted by molar-refractivity contribution is 0.540. The van der Waals surface area contributed by atoms with Gasteiger partial charge in [0.05, 0.1) is 6.54 Å². The maximum Gasteiger partial charge on any atom is 0.309 e. The summed E-state index contributed by atoms with van der Waals surface area (Å²) in [6.45, 7) is 0.298. The average molecular weight is 137 g/mol. The molecule has 10 heavy (non-hydrogen) atoms. The van der Waals surface area contributed by atoms with Crippen molar-refractivity contribution in [3.05, 3.63) is 18.5 Å². The molecule has 0 aliphatic rings. The Balaban J connectivity index is 2.50. The summed E-state index contributed by atoms with van der Waals surface area (Å²) in [5.41, 5.74) is 0. The van der Waals surface area contributed by atoms with Gasteiger partial charge in [-0.1, -0.05) is 0 Å². The molecular formula is C5H5N4O. The highest BCUT2D eigenvalue weighted by molar-refractivity contribution is 5.46. The third-order valence-corrected chi connectivity index (χ3v) is 0.866. The van der Waals surface area contributed by atoms with Gasteiger partial charge < -0.3 is 5.32 Å². The Morgan fingerprint density at radius 1 is 1.50 bits per heavy atom. The quantitative estimate of drug-likeness (QED) is 0.544. The van der Waals surface area contributed by atoms with Gasteiger partial charge in [-0.2, -0.15) is 0 Å². The molecule has 1 rings (SSSR count). The molecule has 0 atom stereocenters. The molecule has 0 saturated heterocycles. The highest BCUT2D eigenvalue weighted by Crippen LogP contribution is 1.80. The van der Waals surface area contributed by atoms with E-state index in [-0.39, 0.29) is 0 Å². The molecule has 51 valence electrons.